The van der Waals surface area contributed by atoms with Crippen molar-refractivity contribution in [1.29, 1.82) is 0 Å². The first-order chi connectivity index (χ1) is 33.8. The van der Waals surface area contributed by atoms with Crippen LogP contribution in [-0.4, -0.2) is 4.57 Å². The van der Waals surface area contributed by atoms with Gasteiger partial charge in [0.15, 0.2) is 0 Å². The summed E-state index contributed by atoms with van der Waals surface area (Å²) in [6.07, 6.45) is 0. The molecule has 13 rings (SSSR count). The number of fused-ring (bicyclic) bond motifs is 7. The van der Waals surface area contributed by atoms with E-state index in [2.05, 4.69) is 276 Å². The van der Waals surface area contributed by atoms with Crippen LogP contribution in [0.3, 0.4) is 0 Å². The van der Waals surface area contributed by atoms with E-state index < -0.39 is 0 Å². The average Bonchev–Trinajstić information content (AvgIpc) is 3.76. The molecule has 0 amide bonds. The van der Waals surface area contributed by atoms with Gasteiger partial charge in [-0.05, 0) is 126 Å². The molecule has 2 heteroatoms. The Morgan fingerprint density at radius 1 is 0.265 bits per heavy atom. The van der Waals surface area contributed by atoms with Gasteiger partial charge in [0.2, 0.25) is 0 Å². The van der Waals surface area contributed by atoms with Crippen molar-refractivity contribution in [2.75, 3.05) is 4.90 Å². The van der Waals surface area contributed by atoms with Crippen LogP contribution in [0, 0.1) is 0 Å². The molecule has 0 atom stereocenters. The zero-order valence-corrected chi connectivity index (χ0v) is 37.3. The highest BCUT2D eigenvalue weighted by Crippen LogP contribution is 2.48. The van der Waals surface area contributed by atoms with Crippen LogP contribution in [0.15, 0.2) is 267 Å². The van der Waals surface area contributed by atoms with Crippen LogP contribution >= 0.6 is 0 Å². The number of para-hydroxylation sites is 1. The van der Waals surface area contributed by atoms with E-state index in [1.54, 1.807) is 0 Å². The minimum atomic E-state index is 1.08. The Kier molecular flexibility index (Phi) is 9.54. The van der Waals surface area contributed by atoms with E-state index in [0.717, 1.165) is 28.1 Å². The second-order valence-electron chi connectivity index (χ2n) is 17.6. The van der Waals surface area contributed by atoms with Crippen LogP contribution < -0.4 is 4.90 Å². The molecule has 0 N–H and O–H groups in total. The molecule has 13 aromatic rings. The second kappa shape index (κ2) is 16.5. The summed E-state index contributed by atoms with van der Waals surface area (Å²) in [5.74, 6) is 0. The van der Waals surface area contributed by atoms with Gasteiger partial charge in [-0.3, -0.25) is 0 Å². The molecule has 0 spiro atoms. The van der Waals surface area contributed by atoms with Gasteiger partial charge in [-0.1, -0.05) is 212 Å². The number of hydrogen-bond acceptors (Lipinski definition) is 1. The first-order valence-corrected chi connectivity index (χ1v) is 23.4. The summed E-state index contributed by atoms with van der Waals surface area (Å²) in [6.45, 7) is 0. The van der Waals surface area contributed by atoms with E-state index >= 15 is 0 Å². The highest BCUT2D eigenvalue weighted by molar-refractivity contribution is 6.22. The fourth-order valence-corrected chi connectivity index (χ4v) is 10.7. The number of aromatic nitrogens is 1. The molecule has 0 saturated heterocycles. The quantitative estimate of drug-likeness (QED) is 0.138. The highest BCUT2D eigenvalue weighted by atomic mass is 15.1. The summed E-state index contributed by atoms with van der Waals surface area (Å²) in [4.78, 5) is 2.45. The lowest BCUT2D eigenvalue weighted by Gasteiger charge is -2.27. The molecule has 318 valence electrons. The van der Waals surface area contributed by atoms with E-state index in [1.807, 2.05) is 0 Å². The Morgan fingerprint density at radius 2 is 0.765 bits per heavy atom. The molecular formula is C66H44N2. The van der Waals surface area contributed by atoms with E-state index in [-0.39, 0.29) is 0 Å². The molecule has 0 unspecified atom stereocenters. The molecule has 0 aliphatic heterocycles. The first-order valence-electron chi connectivity index (χ1n) is 23.4. The zero-order chi connectivity index (χ0) is 45.0. The maximum atomic E-state index is 2.45. The Bertz CT molecular complexity index is 4000. The minimum absolute atomic E-state index is 1.08. The van der Waals surface area contributed by atoms with Crippen molar-refractivity contribution >= 4 is 71.2 Å². The minimum Gasteiger partial charge on any atom is -0.310 e. The lowest BCUT2D eigenvalue weighted by Crippen LogP contribution is -2.10. The third-order valence-corrected chi connectivity index (χ3v) is 13.7. The fourth-order valence-electron chi connectivity index (χ4n) is 10.7. The van der Waals surface area contributed by atoms with Gasteiger partial charge in [0.1, 0.15) is 0 Å². The topological polar surface area (TPSA) is 8.17 Å². The van der Waals surface area contributed by atoms with Crippen LogP contribution in [0.4, 0.5) is 17.1 Å². The highest BCUT2D eigenvalue weighted by Gasteiger charge is 2.23. The zero-order valence-electron chi connectivity index (χ0n) is 37.3. The molecule has 12 aromatic carbocycles. The maximum Gasteiger partial charge on any atom is 0.0562 e. The van der Waals surface area contributed by atoms with Crippen molar-refractivity contribution in [3.8, 4) is 50.2 Å². The van der Waals surface area contributed by atoms with Crippen molar-refractivity contribution < 1.29 is 0 Å². The van der Waals surface area contributed by atoms with Gasteiger partial charge in [0.25, 0.3) is 0 Å². The molecule has 0 bridgehead atoms. The molecule has 0 saturated carbocycles. The number of anilines is 3. The average molecular weight is 865 g/mol. The second-order valence-corrected chi connectivity index (χ2v) is 17.6. The smallest absolute Gasteiger partial charge is 0.0562 e. The van der Waals surface area contributed by atoms with Crippen molar-refractivity contribution in [3.05, 3.63) is 267 Å². The van der Waals surface area contributed by atoms with Crippen LogP contribution in [0.1, 0.15) is 0 Å². The molecule has 68 heavy (non-hydrogen) atoms. The van der Waals surface area contributed by atoms with E-state index in [9.17, 15) is 0 Å². The van der Waals surface area contributed by atoms with Gasteiger partial charge >= 0.3 is 0 Å². The lowest BCUT2D eigenvalue weighted by molar-refractivity contribution is 1.20. The third-order valence-electron chi connectivity index (χ3n) is 13.7. The van der Waals surface area contributed by atoms with Crippen molar-refractivity contribution in [2.45, 2.75) is 0 Å². The Hall–Kier alpha value is -8.98. The summed E-state index contributed by atoms with van der Waals surface area (Å²) < 4.78 is 2.45. The van der Waals surface area contributed by atoms with E-state index in [4.69, 9.17) is 0 Å². The molecule has 1 heterocycles. The lowest BCUT2D eigenvalue weighted by atomic mass is 9.84. The van der Waals surface area contributed by atoms with Gasteiger partial charge in [-0.25, -0.2) is 0 Å². The predicted molar refractivity (Wildman–Crippen MR) is 290 cm³/mol. The van der Waals surface area contributed by atoms with Crippen LogP contribution in [0.25, 0.3) is 104 Å². The molecule has 0 aliphatic rings. The summed E-state index contributed by atoms with van der Waals surface area (Å²) in [6, 6.07) is 97.5. The third kappa shape index (κ3) is 6.57. The normalized spacial score (nSPS) is 11.5. The first kappa shape index (κ1) is 39.4. The van der Waals surface area contributed by atoms with Crippen LogP contribution in [0.5, 0.6) is 0 Å². The fraction of sp³-hybridized carbons (Fsp3) is 0. The van der Waals surface area contributed by atoms with E-state index in [0.29, 0.717) is 0 Å². The Labute approximate surface area is 395 Å². The SMILES string of the molecule is c1ccc(-c2cccc(N(c3ccc(-c4ccc5c(c4)c(-c4ccccc4)c(-c4ccccc4)c4ccccc45)cc3)c3cccc4c3c3ccccc3n4-c3cccc4ccccc34)c2)cc1. The van der Waals surface area contributed by atoms with Gasteiger partial charge in [0.05, 0.1) is 22.4 Å². The van der Waals surface area contributed by atoms with Crippen LogP contribution in [0.2, 0.25) is 0 Å². The van der Waals surface area contributed by atoms with Crippen molar-refractivity contribution in [1.82, 2.24) is 4.57 Å². The standard InChI is InChI=1S/C66H44N2/c1-4-19-45(20-5-1)50-27-16-28-53(43-50)67(62-35-18-36-63-66(62)58-32-14-15-33-61(58)68(63)60-34-17-26-47-21-10-11-29-54(47)60)52-40-37-46(38-41-52)51-39-42-56-55-30-12-13-31-57(55)64(48-22-6-2-7-23-48)65(59(56)44-51)49-24-8-3-9-25-49/h1-44H. The Morgan fingerprint density at radius 3 is 1.51 bits per heavy atom. The number of benzene rings is 12. The van der Waals surface area contributed by atoms with Crippen LogP contribution in [-0.2, 0) is 0 Å². The largest absolute Gasteiger partial charge is 0.310 e. The molecule has 0 fully saturated rings. The molecule has 1 aromatic heterocycles. The summed E-state index contributed by atoms with van der Waals surface area (Å²) in [5.41, 5.74) is 16.4. The van der Waals surface area contributed by atoms with E-state index in [1.165, 1.54) is 93.2 Å². The number of hydrogen-bond donors (Lipinski definition) is 0. The van der Waals surface area contributed by atoms with Gasteiger partial charge in [-0.2, -0.15) is 0 Å². The monoisotopic (exact) mass is 864 g/mol. The summed E-state index contributed by atoms with van der Waals surface area (Å²) >= 11 is 0. The van der Waals surface area contributed by atoms with Crippen molar-refractivity contribution in [3.63, 3.8) is 0 Å². The predicted octanol–water partition coefficient (Wildman–Crippen LogP) is 18.4. The molecule has 0 radical (unpaired) electrons. The molecular weight excluding hydrogens is 821 g/mol. The van der Waals surface area contributed by atoms with Gasteiger partial charge in [-0.15, -0.1) is 0 Å². The molecule has 0 aliphatic carbocycles. The van der Waals surface area contributed by atoms with Gasteiger partial charge in [0, 0.05) is 27.5 Å². The Balaban J connectivity index is 1.01. The van der Waals surface area contributed by atoms with Crippen molar-refractivity contribution in [2.24, 2.45) is 0 Å². The number of nitrogens with zero attached hydrogens (tertiary/aromatic N) is 2. The number of rotatable bonds is 8. The maximum absolute atomic E-state index is 2.45. The summed E-state index contributed by atoms with van der Waals surface area (Å²) in [5, 5.41) is 9.86. The van der Waals surface area contributed by atoms with Gasteiger partial charge < -0.3 is 9.47 Å². The summed E-state index contributed by atoms with van der Waals surface area (Å²) in [7, 11) is 0. The molecule has 2 nitrogen and oxygen atoms in total.